The fourth-order valence-electron chi connectivity index (χ4n) is 1.65. The molecule has 0 unspecified atom stereocenters. The van der Waals surface area contributed by atoms with E-state index in [9.17, 15) is 4.79 Å². The Balaban J connectivity index is 3.95. The molecule has 0 N–H and O–H groups in total. The third-order valence-corrected chi connectivity index (χ3v) is 2.54. The second kappa shape index (κ2) is 6.89. The Labute approximate surface area is 100 Å². The molecule has 0 aromatic heterocycles. The van der Waals surface area contributed by atoms with Gasteiger partial charge in [0.2, 0.25) is 0 Å². The van der Waals surface area contributed by atoms with E-state index in [4.69, 9.17) is 4.74 Å². The van der Waals surface area contributed by atoms with Gasteiger partial charge in [-0.2, -0.15) is 0 Å². The van der Waals surface area contributed by atoms with Crippen LogP contribution in [0, 0.1) is 5.92 Å². The summed E-state index contributed by atoms with van der Waals surface area (Å²) in [6.45, 7) is 11.4. The Morgan fingerprint density at radius 2 is 1.75 bits per heavy atom. The summed E-state index contributed by atoms with van der Waals surface area (Å²) >= 11 is 0. The molecule has 0 spiro atoms. The number of nitrogens with zero attached hydrogens (tertiary/aromatic N) is 1. The van der Waals surface area contributed by atoms with Gasteiger partial charge in [-0.25, -0.2) is 0 Å². The van der Waals surface area contributed by atoms with E-state index in [-0.39, 0.29) is 11.6 Å². The Bertz CT molecular complexity index is 204. The van der Waals surface area contributed by atoms with Gasteiger partial charge in [0.1, 0.15) is 5.60 Å². The zero-order valence-corrected chi connectivity index (χ0v) is 11.7. The second-order valence-corrected chi connectivity index (χ2v) is 5.47. The molecule has 0 aliphatic rings. The van der Waals surface area contributed by atoms with Crippen LogP contribution in [0.15, 0.2) is 0 Å². The highest BCUT2D eigenvalue weighted by Gasteiger charge is 2.18. The number of hydrogen-bond donors (Lipinski definition) is 0. The fourth-order valence-corrected chi connectivity index (χ4v) is 1.65. The van der Waals surface area contributed by atoms with Crippen LogP contribution >= 0.6 is 0 Å². The number of carbonyl (C=O) groups is 1. The maximum Gasteiger partial charge on any atom is 0.320 e. The summed E-state index contributed by atoms with van der Waals surface area (Å²) < 4.78 is 5.28. The fraction of sp³-hybridized carbons (Fsp3) is 0.923. The number of esters is 1. The molecule has 0 radical (unpaired) electrons. The first-order valence-electron chi connectivity index (χ1n) is 6.18. The van der Waals surface area contributed by atoms with Crippen molar-refractivity contribution in [1.29, 1.82) is 0 Å². The predicted molar refractivity (Wildman–Crippen MR) is 67.4 cm³/mol. The Morgan fingerprint density at radius 1 is 1.25 bits per heavy atom. The van der Waals surface area contributed by atoms with Gasteiger partial charge in [0.25, 0.3) is 0 Å². The summed E-state index contributed by atoms with van der Waals surface area (Å²) in [7, 11) is 1.97. The van der Waals surface area contributed by atoms with Crippen molar-refractivity contribution in [2.45, 2.75) is 53.1 Å². The average molecular weight is 229 g/mol. The van der Waals surface area contributed by atoms with E-state index in [0.717, 1.165) is 19.4 Å². The Morgan fingerprint density at radius 3 is 2.12 bits per heavy atom. The molecule has 3 nitrogen and oxygen atoms in total. The highest BCUT2D eigenvalue weighted by atomic mass is 16.6. The summed E-state index contributed by atoms with van der Waals surface area (Å²) in [5.74, 6) is 0.536. The predicted octanol–water partition coefficient (Wildman–Crippen LogP) is 2.70. The number of rotatable bonds is 6. The summed E-state index contributed by atoms with van der Waals surface area (Å²) in [5.41, 5.74) is -0.382. The molecule has 0 aliphatic heterocycles. The smallest absolute Gasteiger partial charge is 0.320 e. The van der Waals surface area contributed by atoms with Gasteiger partial charge < -0.3 is 4.74 Å². The van der Waals surface area contributed by atoms with Crippen molar-refractivity contribution >= 4 is 5.97 Å². The Kier molecular flexibility index (Phi) is 6.65. The lowest BCUT2D eigenvalue weighted by molar-refractivity contribution is -0.155. The van der Waals surface area contributed by atoms with Crippen LogP contribution < -0.4 is 0 Å². The van der Waals surface area contributed by atoms with E-state index in [2.05, 4.69) is 13.8 Å². The number of hydrogen-bond acceptors (Lipinski definition) is 3. The van der Waals surface area contributed by atoms with E-state index in [1.165, 1.54) is 0 Å². The standard InChI is InChI=1S/C13H27NO2/c1-7-11(8-2)9-14(6)10-12(15)16-13(3,4)5/h11H,7-10H2,1-6H3. The Hall–Kier alpha value is -0.570. The third kappa shape index (κ3) is 7.69. The second-order valence-electron chi connectivity index (χ2n) is 5.47. The summed E-state index contributed by atoms with van der Waals surface area (Å²) in [6.07, 6.45) is 2.32. The normalized spacial score (nSPS) is 12.2. The van der Waals surface area contributed by atoms with Crippen molar-refractivity contribution in [2.75, 3.05) is 20.1 Å². The van der Waals surface area contributed by atoms with Gasteiger partial charge in [-0.3, -0.25) is 9.69 Å². The van der Waals surface area contributed by atoms with E-state index in [1.807, 2.05) is 32.7 Å². The maximum absolute atomic E-state index is 11.6. The van der Waals surface area contributed by atoms with Crippen LogP contribution in [0.3, 0.4) is 0 Å². The van der Waals surface area contributed by atoms with E-state index in [0.29, 0.717) is 12.5 Å². The molecule has 0 atom stereocenters. The van der Waals surface area contributed by atoms with Gasteiger partial charge in [0.15, 0.2) is 0 Å². The minimum atomic E-state index is -0.382. The van der Waals surface area contributed by atoms with Crippen LogP contribution in [-0.2, 0) is 9.53 Å². The molecule has 0 amide bonds. The quantitative estimate of drug-likeness (QED) is 0.656. The average Bonchev–Trinajstić information content (AvgIpc) is 2.10. The molecule has 0 heterocycles. The largest absolute Gasteiger partial charge is 0.459 e. The SMILES string of the molecule is CCC(CC)CN(C)CC(=O)OC(C)(C)C. The van der Waals surface area contributed by atoms with Gasteiger partial charge in [-0.05, 0) is 33.7 Å². The summed E-state index contributed by atoms with van der Waals surface area (Å²) in [5, 5.41) is 0. The molecule has 16 heavy (non-hydrogen) atoms. The minimum Gasteiger partial charge on any atom is -0.459 e. The van der Waals surface area contributed by atoms with Crippen molar-refractivity contribution in [1.82, 2.24) is 4.90 Å². The van der Waals surface area contributed by atoms with Gasteiger partial charge in [-0.1, -0.05) is 26.7 Å². The van der Waals surface area contributed by atoms with Gasteiger partial charge in [0.05, 0.1) is 6.54 Å². The monoisotopic (exact) mass is 229 g/mol. The first-order chi connectivity index (χ1) is 7.28. The van der Waals surface area contributed by atoms with Crippen LogP contribution in [0.1, 0.15) is 47.5 Å². The number of carbonyl (C=O) groups excluding carboxylic acids is 1. The first kappa shape index (κ1) is 15.4. The molecule has 0 bridgehead atoms. The molecule has 0 aromatic carbocycles. The first-order valence-corrected chi connectivity index (χ1v) is 6.18. The zero-order chi connectivity index (χ0) is 12.8. The highest BCUT2D eigenvalue weighted by molar-refractivity contribution is 5.72. The van der Waals surface area contributed by atoms with Gasteiger partial charge >= 0.3 is 5.97 Å². The third-order valence-electron chi connectivity index (χ3n) is 2.54. The highest BCUT2D eigenvalue weighted by Crippen LogP contribution is 2.10. The molecule has 3 heteroatoms. The van der Waals surface area contributed by atoms with Crippen molar-refractivity contribution < 1.29 is 9.53 Å². The van der Waals surface area contributed by atoms with Crippen molar-refractivity contribution in [3.05, 3.63) is 0 Å². The lowest BCUT2D eigenvalue weighted by Crippen LogP contribution is -2.35. The van der Waals surface area contributed by atoms with Crippen LogP contribution in [0.2, 0.25) is 0 Å². The van der Waals surface area contributed by atoms with Crippen LogP contribution in [0.4, 0.5) is 0 Å². The van der Waals surface area contributed by atoms with E-state index in [1.54, 1.807) is 0 Å². The summed E-state index contributed by atoms with van der Waals surface area (Å²) in [4.78, 5) is 13.6. The molecular weight excluding hydrogens is 202 g/mol. The lowest BCUT2D eigenvalue weighted by Gasteiger charge is -2.24. The maximum atomic E-state index is 11.6. The van der Waals surface area contributed by atoms with Gasteiger partial charge in [0, 0.05) is 6.54 Å². The van der Waals surface area contributed by atoms with Crippen LogP contribution in [0.5, 0.6) is 0 Å². The minimum absolute atomic E-state index is 0.138. The van der Waals surface area contributed by atoms with Crippen LogP contribution in [0.25, 0.3) is 0 Å². The number of ether oxygens (including phenoxy) is 1. The molecule has 0 saturated heterocycles. The van der Waals surface area contributed by atoms with Crippen molar-refractivity contribution in [3.8, 4) is 0 Å². The van der Waals surface area contributed by atoms with Crippen molar-refractivity contribution in [3.63, 3.8) is 0 Å². The zero-order valence-electron chi connectivity index (χ0n) is 11.7. The topological polar surface area (TPSA) is 29.5 Å². The molecule has 0 aromatic rings. The molecule has 96 valence electrons. The van der Waals surface area contributed by atoms with E-state index < -0.39 is 0 Å². The summed E-state index contributed by atoms with van der Waals surface area (Å²) in [6, 6.07) is 0. The van der Waals surface area contributed by atoms with E-state index >= 15 is 0 Å². The van der Waals surface area contributed by atoms with Crippen LogP contribution in [-0.4, -0.2) is 36.6 Å². The van der Waals surface area contributed by atoms with Crippen molar-refractivity contribution in [2.24, 2.45) is 5.92 Å². The lowest BCUT2D eigenvalue weighted by atomic mass is 10.0. The number of likely N-dealkylation sites (N-methyl/N-ethyl adjacent to an activating group) is 1. The molecule has 0 rings (SSSR count). The molecule has 0 saturated carbocycles. The molecule has 0 aliphatic carbocycles. The van der Waals surface area contributed by atoms with Gasteiger partial charge in [-0.15, -0.1) is 0 Å². The molecule has 0 fully saturated rings. The molecular formula is C13H27NO2.